The number of furan rings is 1. The molecule has 84 valence electrons. The molecule has 0 aromatic carbocycles. The smallest absolute Gasteiger partial charge is 0.307 e. The Balaban J connectivity index is 2.15. The average molecular weight is 237 g/mol. The number of pyridine rings is 1. The second-order valence-corrected chi connectivity index (χ2v) is 4.51. The number of carboxylic acid groups (broad SMARTS) is 1. The normalized spacial score (nSPS) is 12.8. The van der Waals surface area contributed by atoms with Crippen molar-refractivity contribution in [2.75, 3.05) is 5.75 Å². The number of aliphatic carboxylic acids is 1. The van der Waals surface area contributed by atoms with Crippen molar-refractivity contribution >= 4 is 28.7 Å². The van der Waals surface area contributed by atoms with E-state index in [1.807, 2.05) is 6.07 Å². The molecule has 0 spiro atoms. The van der Waals surface area contributed by atoms with Crippen LogP contribution in [0.15, 0.2) is 34.0 Å². The first kappa shape index (κ1) is 11.0. The van der Waals surface area contributed by atoms with Gasteiger partial charge in [-0.25, -0.2) is 4.98 Å². The second kappa shape index (κ2) is 4.57. The van der Waals surface area contributed by atoms with Gasteiger partial charge in [-0.2, -0.15) is 0 Å². The number of nitrogens with zero attached hydrogens (tertiary/aromatic N) is 1. The van der Waals surface area contributed by atoms with E-state index in [1.165, 1.54) is 11.8 Å². The Morgan fingerprint density at radius 1 is 1.62 bits per heavy atom. The topological polar surface area (TPSA) is 63.3 Å². The molecule has 16 heavy (non-hydrogen) atoms. The number of carbonyl (C=O) groups is 1. The number of aromatic nitrogens is 1. The van der Waals surface area contributed by atoms with Gasteiger partial charge in [0.05, 0.1) is 17.6 Å². The summed E-state index contributed by atoms with van der Waals surface area (Å²) in [5, 5.41) is 10.5. The fourth-order valence-corrected chi connectivity index (χ4v) is 2.27. The summed E-state index contributed by atoms with van der Waals surface area (Å²) < 4.78 is 5.24. The number of hydrogen-bond donors (Lipinski definition) is 1. The zero-order valence-electron chi connectivity index (χ0n) is 8.71. The molecule has 2 aromatic rings. The van der Waals surface area contributed by atoms with Crippen molar-refractivity contribution in [3.63, 3.8) is 0 Å². The lowest BCUT2D eigenvalue weighted by molar-refractivity contribution is -0.140. The van der Waals surface area contributed by atoms with Gasteiger partial charge in [0.15, 0.2) is 0 Å². The van der Waals surface area contributed by atoms with Gasteiger partial charge in [0, 0.05) is 11.9 Å². The van der Waals surface area contributed by atoms with Gasteiger partial charge in [-0.05, 0) is 12.1 Å². The van der Waals surface area contributed by atoms with E-state index < -0.39 is 5.97 Å². The number of carboxylic acids is 1. The van der Waals surface area contributed by atoms with Crippen LogP contribution < -0.4 is 0 Å². The van der Waals surface area contributed by atoms with Gasteiger partial charge in [-0.15, -0.1) is 11.8 Å². The summed E-state index contributed by atoms with van der Waals surface area (Å²) in [5.41, 5.74) is 0.778. The third-order valence-corrected chi connectivity index (χ3v) is 3.50. The fraction of sp³-hybridized carbons (Fsp3) is 0.273. The quantitative estimate of drug-likeness (QED) is 0.828. The molecule has 0 aliphatic heterocycles. The first-order chi connectivity index (χ1) is 7.68. The molecule has 2 aromatic heterocycles. The molecule has 0 fully saturated rings. The summed E-state index contributed by atoms with van der Waals surface area (Å²) in [6.45, 7) is 1.69. The van der Waals surface area contributed by atoms with Crippen molar-refractivity contribution in [2.24, 2.45) is 5.92 Å². The lowest BCUT2D eigenvalue weighted by Crippen LogP contribution is -2.11. The SMILES string of the molecule is CC(CSc1nccc2occc12)C(=O)O. The van der Waals surface area contributed by atoms with Crippen LogP contribution in [0.2, 0.25) is 0 Å². The van der Waals surface area contributed by atoms with Crippen LogP contribution in [-0.4, -0.2) is 21.8 Å². The highest BCUT2D eigenvalue weighted by Crippen LogP contribution is 2.27. The Labute approximate surface area is 96.7 Å². The summed E-state index contributed by atoms with van der Waals surface area (Å²) in [5.74, 6) is -0.659. The fourth-order valence-electron chi connectivity index (χ4n) is 1.26. The van der Waals surface area contributed by atoms with Gasteiger partial charge in [-0.3, -0.25) is 4.79 Å². The molecule has 0 saturated carbocycles. The van der Waals surface area contributed by atoms with Crippen LogP contribution in [0.1, 0.15) is 6.92 Å². The molecule has 1 atom stereocenters. The van der Waals surface area contributed by atoms with E-state index in [0.29, 0.717) is 5.75 Å². The molecule has 1 unspecified atom stereocenters. The van der Waals surface area contributed by atoms with E-state index in [1.54, 1.807) is 25.5 Å². The zero-order chi connectivity index (χ0) is 11.5. The van der Waals surface area contributed by atoms with Gasteiger partial charge in [0.25, 0.3) is 0 Å². The summed E-state index contributed by atoms with van der Waals surface area (Å²) in [6, 6.07) is 3.64. The molecule has 2 heterocycles. The molecule has 0 amide bonds. The number of fused-ring (bicyclic) bond motifs is 1. The van der Waals surface area contributed by atoms with Crippen LogP contribution in [0.3, 0.4) is 0 Å². The molecule has 2 rings (SSSR count). The highest BCUT2D eigenvalue weighted by atomic mass is 32.2. The second-order valence-electron chi connectivity index (χ2n) is 3.50. The predicted molar refractivity (Wildman–Crippen MR) is 61.5 cm³/mol. The summed E-state index contributed by atoms with van der Waals surface area (Å²) >= 11 is 1.44. The standard InChI is InChI=1S/C11H11NO3S/c1-7(11(13)14)6-16-10-8-3-5-15-9(8)2-4-12-10/h2-5,7H,6H2,1H3,(H,13,14). The Morgan fingerprint density at radius 3 is 3.19 bits per heavy atom. The molecule has 5 heteroatoms. The molecule has 0 radical (unpaired) electrons. The zero-order valence-corrected chi connectivity index (χ0v) is 9.53. The first-order valence-corrected chi connectivity index (χ1v) is 5.85. The van der Waals surface area contributed by atoms with E-state index in [9.17, 15) is 4.79 Å². The Morgan fingerprint density at radius 2 is 2.44 bits per heavy atom. The maximum absolute atomic E-state index is 10.7. The molecule has 0 aliphatic carbocycles. The lowest BCUT2D eigenvalue weighted by atomic mass is 10.2. The predicted octanol–water partition coefficient (Wildman–Crippen LogP) is 2.64. The van der Waals surface area contributed by atoms with Gasteiger partial charge in [0.1, 0.15) is 10.6 Å². The van der Waals surface area contributed by atoms with Crippen LogP contribution >= 0.6 is 11.8 Å². The molecular formula is C11H11NO3S. The minimum absolute atomic E-state index is 0.381. The number of thioether (sulfide) groups is 1. The van der Waals surface area contributed by atoms with Crippen molar-refractivity contribution in [2.45, 2.75) is 11.9 Å². The number of hydrogen-bond acceptors (Lipinski definition) is 4. The number of rotatable bonds is 4. The van der Waals surface area contributed by atoms with Crippen LogP contribution in [0.5, 0.6) is 0 Å². The highest BCUT2D eigenvalue weighted by molar-refractivity contribution is 7.99. The maximum Gasteiger partial charge on any atom is 0.307 e. The van der Waals surface area contributed by atoms with Gasteiger partial charge in [-0.1, -0.05) is 6.92 Å². The van der Waals surface area contributed by atoms with E-state index >= 15 is 0 Å². The van der Waals surface area contributed by atoms with E-state index in [4.69, 9.17) is 9.52 Å². The third-order valence-electron chi connectivity index (χ3n) is 2.23. The van der Waals surface area contributed by atoms with Crippen LogP contribution in [0.4, 0.5) is 0 Å². The van der Waals surface area contributed by atoms with Crippen molar-refractivity contribution in [3.8, 4) is 0 Å². The molecule has 0 saturated heterocycles. The Bertz CT molecular complexity index is 509. The molecule has 1 N–H and O–H groups in total. The average Bonchev–Trinajstić information content (AvgIpc) is 2.73. The summed E-state index contributed by atoms with van der Waals surface area (Å²) in [6.07, 6.45) is 3.27. The third kappa shape index (κ3) is 2.19. The van der Waals surface area contributed by atoms with Gasteiger partial charge in [0.2, 0.25) is 0 Å². The van der Waals surface area contributed by atoms with Crippen LogP contribution in [-0.2, 0) is 4.79 Å². The minimum atomic E-state index is -0.785. The van der Waals surface area contributed by atoms with Gasteiger partial charge < -0.3 is 9.52 Å². The Kier molecular flexibility index (Phi) is 3.14. The van der Waals surface area contributed by atoms with E-state index in [2.05, 4.69) is 4.98 Å². The Hall–Kier alpha value is -1.49. The molecule has 4 nitrogen and oxygen atoms in total. The van der Waals surface area contributed by atoms with Crippen molar-refractivity contribution in [1.82, 2.24) is 4.98 Å². The molecule has 0 aliphatic rings. The minimum Gasteiger partial charge on any atom is -0.481 e. The van der Waals surface area contributed by atoms with Crippen LogP contribution in [0.25, 0.3) is 11.0 Å². The van der Waals surface area contributed by atoms with Gasteiger partial charge >= 0.3 is 5.97 Å². The summed E-state index contributed by atoms with van der Waals surface area (Å²) in [7, 11) is 0. The van der Waals surface area contributed by atoms with E-state index in [-0.39, 0.29) is 5.92 Å². The molecular weight excluding hydrogens is 226 g/mol. The van der Waals surface area contributed by atoms with Crippen LogP contribution in [0, 0.1) is 5.92 Å². The van der Waals surface area contributed by atoms with Crippen molar-refractivity contribution in [3.05, 3.63) is 24.6 Å². The molecule has 0 bridgehead atoms. The summed E-state index contributed by atoms with van der Waals surface area (Å²) in [4.78, 5) is 14.9. The monoisotopic (exact) mass is 237 g/mol. The van der Waals surface area contributed by atoms with E-state index in [0.717, 1.165) is 16.0 Å². The highest BCUT2D eigenvalue weighted by Gasteiger charge is 2.13. The largest absolute Gasteiger partial charge is 0.481 e. The maximum atomic E-state index is 10.7. The first-order valence-electron chi connectivity index (χ1n) is 4.86. The van der Waals surface area contributed by atoms with Crippen molar-refractivity contribution < 1.29 is 14.3 Å². The van der Waals surface area contributed by atoms with Crippen molar-refractivity contribution in [1.29, 1.82) is 0 Å². The lowest BCUT2D eigenvalue weighted by Gasteiger charge is -2.05.